The number of rotatable bonds is 4. The van der Waals surface area contributed by atoms with E-state index in [0.29, 0.717) is 11.6 Å². The molecule has 0 aromatic heterocycles. The average molecular weight is 250 g/mol. The number of carbonyl (C=O) groups is 1. The summed E-state index contributed by atoms with van der Waals surface area (Å²) in [5, 5.41) is 3.53. The lowest BCUT2D eigenvalue weighted by Gasteiger charge is -2.22. The van der Waals surface area contributed by atoms with Crippen LogP contribution in [-0.2, 0) is 6.54 Å². The minimum atomic E-state index is -0.361. The van der Waals surface area contributed by atoms with Crippen molar-refractivity contribution in [1.29, 1.82) is 0 Å². The topological polar surface area (TPSA) is 55.1 Å². The molecule has 1 amide bonds. The first-order valence-corrected chi connectivity index (χ1v) is 7.11. The van der Waals surface area contributed by atoms with Crippen molar-refractivity contribution < 1.29 is 4.79 Å². The van der Waals surface area contributed by atoms with Crippen LogP contribution in [0.4, 0.5) is 0 Å². The Morgan fingerprint density at radius 1 is 1.53 bits per heavy atom. The smallest absolute Gasteiger partial charge is 0.248 e. The van der Waals surface area contributed by atoms with Crippen LogP contribution in [0.5, 0.6) is 0 Å². The first kappa shape index (κ1) is 12.5. The van der Waals surface area contributed by atoms with Crippen LogP contribution in [0, 0.1) is 0 Å². The van der Waals surface area contributed by atoms with Gasteiger partial charge in [-0.05, 0) is 36.3 Å². The fourth-order valence-corrected chi connectivity index (χ4v) is 3.10. The zero-order chi connectivity index (χ0) is 12.1. The Hall–Kier alpha value is -1.00. The Kier molecular flexibility index (Phi) is 4.45. The van der Waals surface area contributed by atoms with Crippen molar-refractivity contribution in [2.75, 3.05) is 11.5 Å². The summed E-state index contributed by atoms with van der Waals surface area (Å²) in [6.45, 7) is 0.812. The van der Waals surface area contributed by atoms with Crippen molar-refractivity contribution in [3.05, 3.63) is 35.4 Å². The highest BCUT2D eigenvalue weighted by molar-refractivity contribution is 7.99. The molecular formula is C13H18N2OS. The number of primary amides is 1. The minimum absolute atomic E-state index is 0.361. The van der Waals surface area contributed by atoms with Gasteiger partial charge in [0.05, 0.1) is 0 Å². The molecule has 1 atom stereocenters. The van der Waals surface area contributed by atoms with E-state index in [1.807, 2.05) is 30.0 Å². The maximum Gasteiger partial charge on any atom is 0.248 e. The normalized spacial score (nSPS) is 20.1. The highest BCUT2D eigenvalue weighted by atomic mass is 32.2. The maximum atomic E-state index is 11.1. The van der Waals surface area contributed by atoms with E-state index in [-0.39, 0.29) is 5.91 Å². The molecule has 1 aromatic rings. The van der Waals surface area contributed by atoms with Crippen molar-refractivity contribution >= 4 is 17.7 Å². The molecule has 0 saturated carbocycles. The van der Waals surface area contributed by atoms with Gasteiger partial charge in [-0.3, -0.25) is 4.79 Å². The molecule has 0 spiro atoms. The lowest BCUT2D eigenvalue weighted by Crippen LogP contribution is -2.33. The first-order chi connectivity index (χ1) is 8.25. The zero-order valence-corrected chi connectivity index (χ0v) is 10.6. The molecule has 92 valence electrons. The second kappa shape index (κ2) is 6.07. The molecule has 3 nitrogen and oxygen atoms in total. The van der Waals surface area contributed by atoms with Crippen molar-refractivity contribution in [1.82, 2.24) is 5.32 Å². The second-order valence-electron chi connectivity index (χ2n) is 4.36. The molecule has 1 aromatic carbocycles. The number of amides is 1. The fourth-order valence-electron chi connectivity index (χ4n) is 2.00. The molecule has 1 aliphatic rings. The number of thioether (sulfide) groups is 1. The molecule has 3 N–H and O–H groups in total. The van der Waals surface area contributed by atoms with Gasteiger partial charge in [0, 0.05) is 23.9 Å². The highest BCUT2D eigenvalue weighted by Crippen LogP contribution is 2.17. The standard InChI is InChI=1S/C13H18N2OS/c14-13(16)11-4-1-3-10(7-11)8-15-12-5-2-6-17-9-12/h1,3-4,7,12,15H,2,5-6,8-9H2,(H2,14,16). The molecule has 4 heteroatoms. The SMILES string of the molecule is NC(=O)c1cccc(CNC2CCCSC2)c1. The van der Waals surface area contributed by atoms with Crippen LogP contribution in [0.15, 0.2) is 24.3 Å². The van der Waals surface area contributed by atoms with Crippen molar-refractivity contribution in [2.45, 2.75) is 25.4 Å². The predicted octanol–water partition coefficient (Wildman–Crippen LogP) is 1.77. The van der Waals surface area contributed by atoms with Crippen LogP contribution in [0.1, 0.15) is 28.8 Å². The van der Waals surface area contributed by atoms with Gasteiger partial charge < -0.3 is 11.1 Å². The molecule has 0 radical (unpaired) electrons. The van der Waals surface area contributed by atoms with E-state index >= 15 is 0 Å². The van der Waals surface area contributed by atoms with Gasteiger partial charge in [-0.2, -0.15) is 11.8 Å². The second-order valence-corrected chi connectivity index (χ2v) is 5.51. The van der Waals surface area contributed by atoms with Gasteiger partial charge in [0.1, 0.15) is 0 Å². The summed E-state index contributed by atoms with van der Waals surface area (Å²) in [7, 11) is 0. The van der Waals surface area contributed by atoms with Crippen LogP contribution in [-0.4, -0.2) is 23.5 Å². The Bertz CT molecular complexity index is 389. The monoisotopic (exact) mass is 250 g/mol. The number of nitrogens with two attached hydrogens (primary N) is 1. The van der Waals surface area contributed by atoms with Gasteiger partial charge in [-0.25, -0.2) is 0 Å². The number of hydrogen-bond acceptors (Lipinski definition) is 3. The van der Waals surface area contributed by atoms with E-state index in [2.05, 4.69) is 5.32 Å². The van der Waals surface area contributed by atoms with E-state index in [0.717, 1.165) is 12.1 Å². The Labute approximate surface area is 106 Å². The lowest BCUT2D eigenvalue weighted by atomic mass is 10.1. The van der Waals surface area contributed by atoms with E-state index < -0.39 is 0 Å². The van der Waals surface area contributed by atoms with Crippen LogP contribution in [0.3, 0.4) is 0 Å². The molecule has 0 bridgehead atoms. The molecule has 0 aliphatic carbocycles. The maximum absolute atomic E-state index is 11.1. The summed E-state index contributed by atoms with van der Waals surface area (Å²) < 4.78 is 0. The first-order valence-electron chi connectivity index (χ1n) is 5.95. The summed E-state index contributed by atoms with van der Waals surface area (Å²) in [4.78, 5) is 11.1. The molecular weight excluding hydrogens is 232 g/mol. The fraction of sp³-hybridized carbons (Fsp3) is 0.462. The van der Waals surface area contributed by atoms with Crippen LogP contribution < -0.4 is 11.1 Å². The summed E-state index contributed by atoms with van der Waals surface area (Å²) in [6.07, 6.45) is 2.55. The number of hydrogen-bond donors (Lipinski definition) is 2. The minimum Gasteiger partial charge on any atom is -0.366 e. The van der Waals surface area contributed by atoms with Gasteiger partial charge in [-0.15, -0.1) is 0 Å². The third kappa shape index (κ3) is 3.75. The summed E-state index contributed by atoms with van der Waals surface area (Å²) >= 11 is 2.01. The van der Waals surface area contributed by atoms with E-state index in [1.165, 1.54) is 24.3 Å². The molecule has 1 fully saturated rings. The Balaban J connectivity index is 1.89. The van der Waals surface area contributed by atoms with Gasteiger partial charge >= 0.3 is 0 Å². The third-order valence-corrected chi connectivity index (χ3v) is 4.18. The zero-order valence-electron chi connectivity index (χ0n) is 9.82. The van der Waals surface area contributed by atoms with Crippen molar-refractivity contribution in [2.24, 2.45) is 5.73 Å². The van der Waals surface area contributed by atoms with Gasteiger partial charge in [-0.1, -0.05) is 12.1 Å². The highest BCUT2D eigenvalue weighted by Gasteiger charge is 2.12. The summed E-state index contributed by atoms with van der Waals surface area (Å²) in [5.41, 5.74) is 6.97. The van der Waals surface area contributed by atoms with Gasteiger partial charge in [0.2, 0.25) is 5.91 Å². The number of carbonyl (C=O) groups excluding carboxylic acids is 1. The van der Waals surface area contributed by atoms with Crippen molar-refractivity contribution in [3.63, 3.8) is 0 Å². The Morgan fingerprint density at radius 3 is 3.12 bits per heavy atom. The summed E-state index contributed by atoms with van der Waals surface area (Å²) in [5.74, 6) is 2.12. The molecule has 2 rings (SSSR count). The molecule has 17 heavy (non-hydrogen) atoms. The largest absolute Gasteiger partial charge is 0.366 e. The number of benzene rings is 1. The molecule has 1 aliphatic heterocycles. The van der Waals surface area contributed by atoms with E-state index in [9.17, 15) is 4.79 Å². The van der Waals surface area contributed by atoms with E-state index in [1.54, 1.807) is 6.07 Å². The lowest BCUT2D eigenvalue weighted by molar-refractivity contribution is 0.1000. The number of nitrogens with one attached hydrogen (secondary N) is 1. The third-order valence-electron chi connectivity index (χ3n) is 2.97. The van der Waals surface area contributed by atoms with E-state index in [4.69, 9.17) is 5.73 Å². The molecule has 1 heterocycles. The van der Waals surface area contributed by atoms with Gasteiger partial charge in [0.25, 0.3) is 0 Å². The van der Waals surface area contributed by atoms with Gasteiger partial charge in [0.15, 0.2) is 0 Å². The van der Waals surface area contributed by atoms with Crippen LogP contribution in [0.25, 0.3) is 0 Å². The van der Waals surface area contributed by atoms with Crippen LogP contribution >= 0.6 is 11.8 Å². The molecule has 1 unspecified atom stereocenters. The molecule has 1 saturated heterocycles. The average Bonchev–Trinajstić information content (AvgIpc) is 2.38. The van der Waals surface area contributed by atoms with Crippen molar-refractivity contribution in [3.8, 4) is 0 Å². The van der Waals surface area contributed by atoms with Crippen LogP contribution in [0.2, 0.25) is 0 Å². The summed E-state index contributed by atoms with van der Waals surface area (Å²) in [6, 6.07) is 8.13. The quantitative estimate of drug-likeness (QED) is 0.856. The Morgan fingerprint density at radius 2 is 2.41 bits per heavy atom. The predicted molar refractivity (Wildman–Crippen MR) is 72.1 cm³/mol.